The zero-order chi connectivity index (χ0) is 15.9. The molecule has 0 fully saturated rings. The van der Waals surface area contributed by atoms with E-state index in [1.807, 2.05) is 44.2 Å². The van der Waals surface area contributed by atoms with E-state index in [0.717, 1.165) is 16.7 Å². The molecule has 110 valence electrons. The Labute approximate surface area is 129 Å². The maximum Gasteiger partial charge on any atom is 0.205 e. The molecule has 1 unspecified atom stereocenters. The molecule has 0 aromatic heterocycles. The quantitative estimate of drug-likeness (QED) is 0.845. The Balaban J connectivity index is 2.30. The third-order valence-corrected chi connectivity index (χ3v) is 3.82. The summed E-state index contributed by atoms with van der Waals surface area (Å²) in [7, 11) is 0. The number of aromatic hydroxyl groups is 1. The second-order valence-corrected chi connectivity index (χ2v) is 5.53. The smallest absolute Gasteiger partial charge is 0.205 e. The molecule has 0 spiro atoms. The number of hydrogen-bond donors (Lipinski definition) is 2. The summed E-state index contributed by atoms with van der Waals surface area (Å²) in [4.78, 5) is 0. The van der Waals surface area contributed by atoms with E-state index in [2.05, 4.69) is 6.07 Å². The molecule has 4 heteroatoms. The highest BCUT2D eigenvalue weighted by molar-refractivity contribution is 5.61. The largest absolute Gasteiger partial charge is 0.507 e. The Kier molecular flexibility index (Phi) is 3.26. The molecule has 1 aliphatic rings. The summed E-state index contributed by atoms with van der Waals surface area (Å²) >= 11 is 0. The zero-order valence-electron chi connectivity index (χ0n) is 12.4. The fourth-order valence-electron chi connectivity index (χ4n) is 2.88. The number of nitriles is 1. The maximum absolute atomic E-state index is 10.4. The predicted molar refractivity (Wildman–Crippen MR) is 83.3 cm³/mol. The molecular weight excluding hydrogens is 276 g/mol. The Hall–Kier alpha value is -2.93. The molecule has 1 atom stereocenters. The number of aryl methyl sites for hydroxylation is 2. The summed E-state index contributed by atoms with van der Waals surface area (Å²) in [6.07, 6.45) is 0. The van der Waals surface area contributed by atoms with Gasteiger partial charge < -0.3 is 15.6 Å². The van der Waals surface area contributed by atoms with Crippen molar-refractivity contribution in [3.8, 4) is 17.6 Å². The summed E-state index contributed by atoms with van der Waals surface area (Å²) in [5.41, 5.74) is 9.68. The first-order valence-corrected chi connectivity index (χ1v) is 6.99. The summed E-state index contributed by atoms with van der Waals surface area (Å²) in [5.74, 6) is 0.281. The van der Waals surface area contributed by atoms with Crippen molar-refractivity contribution in [2.75, 3.05) is 0 Å². The second kappa shape index (κ2) is 5.12. The number of allylic oxidation sites excluding steroid dienone is 1. The lowest BCUT2D eigenvalue weighted by Crippen LogP contribution is -2.21. The average molecular weight is 292 g/mol. The molecule has 2 aromatic carbocycles. The van der Waals surface area contributed by atoms with E-state index in [1.165, 1.54) is 0 Å². The lowest BCUT2D eigenvalue weighted by atomic mass is 9.82. The first kappa shape index (κ1) is 14.0. The van der Waals surface area contributed by atoms with Crippen LogP contribution in [0.15, 0.2) is 47.9 Å². The van der Waals surface area contributed by atoms with Gasteiger partial charge in [0.2, 0.25) is 5.88 Å². The molecule has 1 aliphatic heterocycles. The Bertz CT molecular complexity index is 831. The van der Waals surface area contributed by atoms with Crippen molar-refractivity contribution in [2.24, 2.45) is 5.73 Å². The monoisotopic (exact) mass is 292 g/mol. The van der Waals surface area contributed by atoms with E-state index in [-0.39, 0.29) is 11.6 Å². The molecular formula is C18H16N2O2. The van der Waals surface area contributed by atoms with Crippen LogP contribution in [0.1, 0.15) is 28.2 Å². The third-order valence-electron chi connectivity index (χ3n) is 3.82. The summed E-state index contributed by atoms with van der Waals surface area (Å²) < 4.78 is 5.55. The van der Waals surface area contributed by atoms with Crippen molar-refractivity contribution < 1.29 is 9.84 Å². The van der Waals surface area contributed by atoms with E-state index in [9.17, 15) is 10.4 Å². The fraction of sp³-hybridized carbons (Fsp3) is 0.167. The molecule has 0 saturated carbocycles. The lowest BCUT2D eigenvalue weighted by Gasteiger charge is -2.27. The van der Waals surface area contributed by atoms with Gasteiger partial charge in [0.05, 0.1) is 5.92 Å². The molecule has 0 amide bonds. The van der Waals surface area contributed by atoms with Gasteiger partial charge in [-0.05, 0) is 37.1 Å². The van der Waals surface area contributed by atoms with Crippen LogP contribution >= 0.6 is 0 Å². The van der Waals surface area contributed by atoms with E-state index < -0.39 is 5.92 Å². The lowest BCUT2D eigenvalue weighted by molar-refractivity contribution is 0.382. The molecule has 2 aromatic rings. The van der Waals surface area contributed by atoms with E-state index >= 15 is 0 Å². The Morgan fingerprint density at radius 3 is 2.64 bits per heavy atom. The Morgan fingerprint density at radius 1 is 1.18 bits per heavy atom. The highest BCUT2D eigenvalue weighted by Crippen LogP contribution is 2.46. The number of nitrogens with zero attached hydrogens (tertiary/aromatic N) is 1. The molecule has 1 heterocycles. The number of ether oxygens (including phenoxy) is 1. The molecule has 4 nitrogen and oxygen atoms in total. The molecule has 0 aliphatic carbocycles. The minimum Gasteiger partial charge on any atom is -0.507 e. The summed E-state index contributed by atoms with van der Waals surface area (Å²) in [6.45, 7) is 3.85. The van der Waals surface area contributed by atoms with Crippen LogP contribution in [-0.4, -0.2) is 5.11 Å². The number of nitrogens with two attached hydrogens (primary N) is 1. The number of fused-ring (bicyclic) bond motifs is 1. The normalized spacial score (nSPS) is 16.7. The first-order valence-electron chi connectivity index (χ1n) is 6.99. The molecule has 0 saturated heterocycles. The van der Waals surface area contributed by atoms with Crippen LogP contribution in [0.25, 0.3) is 0 Å². The number of hydrogen-bond acceptors (Lipinski definition) is 4. The second-order valence-electron chi connectivity index (χ2n) is 5.53. The highest BCUT2D eigenvalue weighted by Gasteiger charge is 2.33. The van der Waals surface area contributed by atoms with E-state index in [4.69, 9.17) is 10.5 Å². The minimum atomic E-state index is -0.422. The van der Waals surface area contributed by atoms with Gasteiger partial charge in [0, 0.05) is 5.56 Å². The van der Waals surface area contributed by atoms with Gasteiger partial charge in [-0.2, -0.15) is 5.26 Å². The predicted octanol–water partition coefficient (Wildman–Crippen LogP) is 3.23. The SMILES string of the molecule is Cc1cccc(C2C(C#N)=C(N)Oc3cc(C)cc(O)c32)c1. The molecule has 0 bridgehead atoms. The standard InChI is InChI=1S/C18H16N2O2/c1-10-4-3-5-12(6-10)16-13(9-19)18(20)22-15-8-11(2)7-14(21)17(15)16/h3-8,16,21H,20H2,1-2H3. The van der Waals surface area contributed by atoms with Crippen molar-refractivity contribution in [3.05, 3.63) is 70.1 Å². The minimum absolute atomic E-state index is 0.0894. The van der Waals surface area contributed by atoms with E-state index in [1.54, 1.807) is 6.07 Å². The topological polar surface area (TPSA) is 79.3 Å². The van der Waals surface area contributed by atoms with Crippen molar-refractivity contribution in [2.45, 2.75) is 19.8 Å². The molecule has 3 N–H and O–H groups in total. The number of rotatable bonds is 1. The summed E-state index contributed by atoms with van der Waals surface area (Å²) in [6, 6.07) is 13.4. The van der Waals surface area contributed by atoms with Crippen LogP contribution in [0, 0.1) is 25.2 Å². The average Bonchev–Trinajstić information content (AvgIpc) is 2.45. The maximum atomic E-state index is 10.4. The van der Waals surface area contributed by atoms with Crippen molar-refractivity contribution in [1.82, 2.24) is 0 Å². The van der Waals surface area contributed by atoms with Gasteiger partial charge >= 0.3 is 0 Å². The molecule has 22 heavy (non-hydrogen) atoms. The van der Waals surface area contributed by atoms with Gasteiger partial charge in [-0.25, -0.2) is 0 Å². The van der Waals surface area contributed by atoms with Gasteiger partial charge in [0.1, 0.15) is 23.1 Å². The van der Waals surface area contributed by atoms with Crippen LogP contribution in [0.3, 0.4) is 0 Å². The highest BCUT2D eigenvalue weighted by atomic mass is 16.5. The number of phenols is 1. The van der Waals surface area contributed by atoms with Crippen LogP contribution in [0.5, 0.6) is 11.5 Å². The fourth-order valence-corrected chi connectivity index (χ4v) is 2.88. The molecule has 3 rings (SSSR count). The number of phenolic OH excluding ortho intramolecular Hbond substituents is 1. The first-order chi connectivity index (χ1) is 10.5. The van der Waals surface area contributed by atoms with Gasteiger partial charge in [-0.3, -0.25) is 0 Å². The van der Waals surface area contributed by atoms with Gasteiger partial charge in [-0.1, -0.05) is 29.8 Å². The van der Waals surface area contributed by atoms with Gasteiger partial charge in [0.15, 0.2) is 0 Å². The van der Waals surface area contributed by atoms with Gasteiger partial charge in [-0.15, -0.1) is 0 Å². The van der Waals surface area contributed by atoms with Crippen molar-refractivity contribution in [3.63, 3.8) is 0 Å². The molecule has 0 radical (unpaired) electrons. The van der Waals surface area contributed by atoms with Crippen LogP contribution in [-0.2, 0) is 0 Å². The van der Waals surface area contributed by atoms with Crippen LogP contribution in [0.4, 0.5) is 0 Å². The third kappa shape index (κ3) is 2.17. The summed E-state index contributed by atoms with van der Waals surface area (Å²) in [5, 5.41) is 19.9. The van der Waals surface area contributed by atoms with E-state index in [0.29, 0.717) is 16.9 Å². The van der Waals surface area contributed by atoms with Crippen molar-refractivity contribution in [1.29, 1.82) is 5.26 Å². The van der Waals surface area contributed by atoms with Crippen molar-refractivity contribution >= 4 is 0 Å². The van der Waals surface area contributed by atoms with Crippen LogP contribution < -0.4 is 10.5 Å². The Morgan fingerprint density at radius 2 is 1.95 bits per heavy atom. The van der Waals surface area contributed by atoms with Crippen LogP contribution in [0.2, 0.25) is 0 Å². The number of benzene rings is 2. The zero-order valence-corrected chi connectivity index (χ0v) is 12.4. The van der Waals surface area contributed by atoms with Gasteiger partial charge in [0.25, 0.3) is 0 Å².